The minimum atomic E-state index is 0. The van der Waals surface area contributed by atoms with Crippen LogP contribution < -0.4 is 0 Å². The van der Waals surface area contributed by atoms with Crippen molar-refractivity contribution < 1.29 is 19.5 Å². The van der Waals surface area contributed by atoms with Crippen LogP contribution in [-0.2, 0) is 19.5 Å². The van der Waals surface area contributed by atoms with Crippen LogP contribution in [0, 0.1) is 27.7 Å². The molecule has 29 heavy (non-hydrogen) atoms. The van der Waals surface area contributed by atoms with Gasteiger partial charge in [0.15, 0.2) is 0 Å². The Balaban J connectivity index is 0.00000240. The van der Waals surface area contributed by atoms with E-state index >= 15 is 0 Å². The molecule has 0 aliphatic carbocycles. The van der Waals surface area contributed by atoms with Crippen LogP contribution in [-0.4, -0.2) is 0 Å². The molecular weight excluding hydrogens is 458 g/mol. The SMILES string of the molecule is Cc1ccc(-c2cc(-c3ccccc3)cc(-c3ccc(C)cc3C)p2)c(C)c1.[Rh]. The van der Waals surface area contributed by atoms with Gasteiger partial charge >= 0.3 is 0 Å². The molecule has 0 nitrogen and oxygen atoms in total. The van der Waals surface area contributed by atoms with E-state index in [9.17, 15) is 0 Å². The van der Waals surface area contributed by atoms with Crippen molar-refractivity contribution in [2.75, 3.05) is 0 Å². The summed E-state index contributed by atoms with van der Waals surface area (Å²) in [5.41, 5.74) is 10.5. The van der Waals surface area contributed by atoms with Gasteiger partial charge in [0.1, 0.15) is 0 Å². The van der Waals surface area contributed by atoms with Crippen molar-refractivity contribution in [3.8, 4) is 32.8 Å². The summed E-state index contributed by atoms with van der Waals surface area (Å²) in [5, 5.41) is 2.74. The molecule has 0 aliphatic heterocycles. The summed E-state index contributed by atoms with van der Waals surface area (Å²) in [6.07, 6.45) is 0. The Hall–Kier alpha value is -2.07. The molecule has 2 heteroatoms. The van der Waals surface area contributed by atoms with E-state index in [1.807, 2.05) is 0 Å². The summed E-state index contributed by atoms with van der Waals surface area (Å²) in [6, 6.07) is 29.0. The molecule has 0 saturated carbocycles. The first-order chi connectivity index (χ1) is 13.5. The van der Waals surface area contributed by atoms with E-state index in [0.717, 1.165) is 0 Å². The predicted molar refractivity (Wildman–Crippen MR) is 124 cm³/mol. The van der Waals surface area contributed by atoms with Gasteiger partial charge in [0.05, 0.1) is 0 Å². The van der Waals surface area contributed by atoms with Gasteiger partial charge in [-0.2, -0.15) is 0 Å². The molecule has 0 N–H and O–H groups in total. The number of aryl methyl sites for hydroxylation is 4. The number of rotatable bonds is 3. The summed E-state index contributed by atoms with van der Waals surface area (Å²) in [5.74, 6) is 0. The van der Waals surface area contributed by atoms with Crippen LogP contribution in [0.15, 0.2) is 78.9 Å². The Morgan fingerprint density at radius 3 is 1.45 bits per heavy atom. The average Bonchev–Trinajstić information content (AvgIpc) is 2.68. The van der Waals surface area contributed by atoms with Gasteiger partial charge in [0.2, 0.25) is 0 Å². The average molecular weight is 483 g/mol. The maximum absolute atomic E-state index is 2.36. The molecule has 3 aromatic carbocycles. The van der Waals surface area contributed by atoms with Crippen molar-refractivity contribution in [1.82, 2.24) is 0 Å². The van der Waals surface area contributed by atoms with Gasteiger partial charge < -0.3 is 0 Å². The summed E-state index contributed by atoms with van der Waals surface area (Å²) in [6.45, 7) is 8.75. The molecule has 4 aromatic rings. The molecular formula is C27H25PRh. The summed E-state index contributed by atoms with van der Waals surface area (Å²) < 4.78 is 0. The molecule has 0 bridgehead atoms. The molecule has 0 saturated heterocycles. The van der Waals surface area contributed by atoms with E-state index in [1.165, 1.54) is 63.3 Å². The quantitative estimate of drug-likeness (QED) is 0.256. The zero-order chi connectivity index (χ0) is 19.7. The Bertz CT molecular complexity index is 1080. The monoisotopic (exact) mass is 483 g/mol. The van der Waals surface area contributed by atoms with Crippen LogP contribution in [0.1, 0.15) is 22.3 Å². The van der Waals surface area contributed by atoms with E-state index < -0.39 is 0 Å². The van der Waals surface area contributed by atoms with Gasteiger partial charge in [-0.15, -0.1) is 0 Å². The summed E-state index contributed by atoms with van der Waals surface area (Å²) in [7, 11) is 1.27. The van der Waals surface area contributed by atoms with Crippen molar-refractivity contribution in [3.63, 3.8) is 0 Å². The van der Waals surface area contributed by atoms with E-state index in [1.54, 1.807) is 0 Å². The Kier molecular flexibility index (Phi) is 6.84. The van der Waals surface area contributed by atoms with Gasteiger partial charge in [0.25, 0.3) is 0 Å². The fraction of sp³-hybridized carbons (Fsp3) is 0.148. The molecule has 147 valence electrons. The third-order valence-electron chi connectivity index (χ3n) is 5.25. The fourth-order valence-electron chi connectivity index (χ4n) is 3.81. The first kappa shape index (κ1) is 21.6. The predicted octanol–water partition coefficient (Wildman–Crippen LogP) is 8.50. The topological polar surface area (TPSA) is 0 Å². The molecule has 0 amide bonds. The van der Waals surface area contributed by atoms with Crippen LogP contribution in [0.5, 0.6) is 0 Å². The maximum atomic E-state index is 2.36. The van der Waals surface area contributed by atoms with Gasteiger partial charge in [0, 0.05) is 30.1 Å². The zero-order valence-corrected chi connectivity index (χ0v) is 19.8. The minimum Gasteiger partial charge on any atom is -0.0622 e. The fourth-order valence-corrected chi connectivity index (χ4v) is 5.22. The van der Waals surface area contributed by atoms with Gasteiger partial charge in [-0.25, -0.2) is 0 Å². The second kappa shape index (κ2) is 9.17. The second-order valence-electron chi connectivity index (χ2n) is 7.63. The smallest absolute Gasteiger partial charge is 0.0105 e. The largest absolute Gasteiger partial charge is 0.0622 e. The van der Waals surface area contributed by atoms with Crippen molar-refractivity contribution in [2.45, 2.75) is 27.7 Å². The van der Waals surface area contributed by atoms with Crippen molar-refractivity contribution >= 4 is 8.19 Å². The third-order valence-corrected chi connectivity index (χ3v) is 6.47. The standard InChI is InChI=1S/C27H25P.Rh/c1-18-10-12-24(20(3)14-18)26-16-23(22-8-6-5-7-9-22)17-27(28-26)25-13-11-19(2)15-21(25)4;/h5-17H,1-4H3;. The van der Waals surface area contributed by atoms with Gasteiger partial charge in [-0.3, -0.25) is 0 Å². The first-order valence-corrected chi connectivity index (χ1v) is 10.6. The van der Waals surface area contributed by atoms with Crippen LogP contribution in [0.4, 0.5) is 0 Å². The van der Waals surface area contributed by atoms with Crippen LogP contribution in [0.3, 0.4) is 0 Å². The zero-order valence-electron chi connectivity index (χ0n) is 17.3. The van der Waals surface area contributed by atoms with E-state index in [2.05, 4.69) is 107 Å². The molecule has 0 fully saturated rings. The van der Waals surface area contributed by atoms with E-state index in [0.29, 0.717) is 0 Å². The van der Waals surface area contributed by atoms with Crippen molar-refractivity contribution in [1.29, 1.82) is 0 Å². The van der Waals surface area contributed by atoms with Gasteiger partial charge in [-0.1, -0.05) is 86.0 Å². The normalized spacial score (nSPS) is 10.5. The van der Waals surface area contributed by atoms with Crippen LogP contribution in [0.25, 0.3) is 32.8 Å². The molecule has 0 aliphatic rings. The molecule has 0 unspecified atom stereocenters. The number of benzene rings is 3. The molecule has 0 spiro atoms. The number of hydrogen-bond acceptors (Lipinski definition) is 0. The molecule has 1 heterocycles. The van der Waals surface area contributed by atoms with Crippen LogP contribution in [0.2, 0.25) is 0 Å². The molecule has 0 atom stereocenters. The Morgan fingerprint density at radius 1 is 0.517 bits per heavy atom. The summed E-state index contributed by atoms with van der Waals surface area (Å²) >= 11 is 0. The first-order valence-electron chi connectivity index (χ1n) is 9.74. The molecule has 1 radical (unpaired) electrons. The van der Waals surface area contributed by atoms with Crippen molar-refractivity contribution in [2.24, 2.45) is 0 Å². The van der Waals surface area contributed by atoms with E-state index in [4.69, 9.17) is 0 Å². The van der Waals surface area contributed by atoms with Crippen LogP contribution >= 0.6 is 8.19 Å². The molecule has 4 rings (SSSR count). The summed E-state index contributed by atoms with van der Waals surface area (Å²) in [4.78, 5) is 0. The Labute approximate surface area is 188 Å². The second-order valence-corrected chi connectivity index (χ2v) is 8.82. The molecule has 1 aromatic heterocycles. The number of hydrogen-bond donors (Lipinski definition) is 0. The minimum absolute atomic E-state index is 0. The third kappa shape index (κ3) is 4.75. The van der Waals surface area contributed by atoms with Gasteiger partial charge in [-0.05, 0) is 73.2 Å². The maximum Gasteiger partial charge on any atom is 0.0105 e. The van der Waals surface area contributed by atoms with Crippen molar-refractivity contribution in [3.05, 3.63) is 101 Å². The van der Waals surface area contributed by atoms with E-state index in [-0.39, 0.29) is 19.5 Å². The Morgan fingerprint density at radius 2 is 1.00 bits per heavy atom.